The van der Waals surface area contributed by atoms with Crippen molar-refractivity contribution >= 4 is 33.6 Å². The van der Waals surface area contributed by atoms with E-state index in [1.165, 1.54) is 28.6 Å². The summed E-state index contributed by atoms with van der Waals surface area (Å²) in [7, 11) is -0.710. The van der Waals surface area contributed by atoms with Crippen molar-refractivity contribution in [2.75, 3.05) is 45.7 Å². The highest BCUT2D eigenvalue weighted by atomic mass is 32.2. The third-order valence-electron chi connectivity index (χ3n) is 5.90. The molecular formula is C24H27N3O7S. The van der Waals surface area contributed by atoms with E-state index in [1.54, 1.807) is 44.3 Å². The summed E-state index contributed by atoms with van der Waals surface area (Å²) in [5.74, 6) is 1.04. The first kappa shape index (κ1) is 24.6. The van der Waals surface area contributed by atoms with E-state index in [0.717, 1.165) is 5.56 Å². The number of methoxy groups -OCH3 is 2. The fourth-order valence-corrected chi connectivity index (χ4v) is 5.32. The molecule has 0 aromatic heterocycles. The van der Waals surface area contributed by atoms with Crippen LogP contribution in [-0.2, 0) is 19.6 Å². The largest absolute Gasteiger partial charge is 0.493 e. The average Bonchev–Trinajstić information content (AvgIpc) is 2.87. The number of hydrogen-bond acceptors (Lipinski definition) is 7. The highest BCUT2D eigenvalue weighted by Gasteiger charge is 2.31. The second-order valence-electron chi connectivity index (χ2n) is 8.08. The molecule has 11 heteroatoms. The summed E-state index contributed by atoms with van der Waals surface area (Å²) in [5.41, 5.74) is 1.10. The lowest BCUT2D eigenvalue weighted by Crippen LogP contribution is -2.50. The summed E-state index contributed by atoms with van der Waals surface area (Å²) in [4.78, 5) is 26.2. The predicted octanol–water partition coefficient (Wildman–Crippen LogP) is 1.97. The molecule has 1 unspecified atom stereocenters. The Morgan fingerprint density at radius 3 is 2.46 bits per heavy atom. The number of sulfonamides is 1. The topological polar surface area (TPSA) is 114 Å². The van der Waals surface area contributed by atoms with Gasteiger partial charge in [0.15, 0.2) is 17.6 Å². The molecule has 0 radical (unpaired) electrons. The van der Waals surface area contributed by atoms with Gasteiger partial charge >= 0.3 is 0 Å². The number of carbonyl (C=O) groups is 2. The van der Waals surface area contributed by atoms with Crippen molar-refractivity contribution in [1.29, 1.82) is 0 Å². The zero-order valence-corrected chi connectivity index (χ0v) is 20.5. The molecule has 186 valence electrons. The van der Waals surface area contributed by atoms with Crippen LogP contribution < -0.4 is 19.5 Å². The van der Waals surface area contributed by atoms with Crippen LogP contribution in [0.3, 0.4) is 0 Å². The van der Waals surface area contributed by atoms with Crippen LogP contribution in [-0.4, -0.2) is 75.9 Å². The van der Waals surface area contributed by atoms with Gasteiger partial charge in [-0.3, -0.25) is 9.59 Å². The molecule has 2 amide bonds. The number of fused-ring (bicyclic) bond motifs is 1. The molecule has 0 saturated carbocycles. The van der Waals surface area contributed by atoms with Crippen molar-refractivity contribution in [2.45, 2.75) is 17.9 Å². The normalized spacial score (nSPS) is 18.5. The first-order valence-corrected chi connectivity index (χ1v) is 12.5. The Morgan fingerprint density at radius 2 is 1.77 bits per heavy atom. The van der Waals surface area contributed by atoms with E-state index in [-0.39, 0.29) is 42.9 Å². The Balaban J connectivity index is 1.39. The number of benzene rings is 2. The first-order valence-electron chi connectivity index (χ1n) is 11.0. The zero-order chi connectivity index (χ0) is 25.2. The molecule has 2 aliphatic heterocycles. The molecular weight excluding hydrogens is 474 g/mol. The van der Waals surface area contributed by atoms with Gasteiger partial charge in [-0.1, -0.05) is 6.07 Å². The van der Waals surface area contributed by atoms with Gasteiger partial charge in [-0.15, -0.1) is 0 Å². The molecule has 1 atom stereocenters. The van der Waals surface area contributed by atoms with Crippen LogP contribution >= 0.6 is 0 Å². The minimum atomic E-state index is -3.80. The lowest BCUT2D eigenvalue weighted by molar-refractivity contribution is -0.127. The number of ether oxygens (including phenoxy) is 3. The number of piperazine rings is 1. The summed E-state index contributed by atoms with van der Waals surface area (Å²) < 4.78 is 43.6. The molecule has 1 saturated heterocycles. The Morgan fingerprint density at radius 1 is 1.06 bits per heavy atom. The second-order valence-corrected chi connectivity index (χ2v) is 10.0. The molecule has 2 aromatic carbocycles. The van der Waals surface area contributed by atoms with Crippen LogP contribution in [0.5, 0.6) is 17.2 Å². The van der Waals surface area contributed by atoms with Gasteiger partial charge in [0.2, 0.25) is 15.9 Å². The number of carbonyl (C=O) groups excluding carboxylic acids is 2. The molecule has 2 aliphatic rings. The maximum atomic E-state index is 13.2. The van der Waals surface area contributed by atoms with E-state index in [4.69, 9.17) is 14.2 Å². The summed E-state index contributed by atoms with van der Waals surface area (Å²) in [6.45, 7) is 2.46. The number of amides is 2. The lowest BCUT2D eigenvalue weighted by Gasteiger charge is -2.33. The number of hydrogen-bond donors (Lipinski definition) is 1. The predicted molar refractivity (Wildman–Crippen MR) is 129 cm³/mol. The molecule has 0 aliphatic carbocycles. The van der Waals surface area contributed by atoms with Gasteiger partial charge in [0, 0.05) is 32.3 Å². The fraction of sp³-hybridized carbons (Fsp3) is 0.333. The molecule has 2 aromatic rings. The van der Waals surface area contributed by atoms with E-state index < -0.39 is 16.1 Å². The molecule has 35 heavy (non-hydrogen) atoms. The minimum Gasteiger partial charge on any atom is -0.493 e. The summed E-state index contributed by atoms with van der Waals surface area (Å²) in [6, 6.07) is 9.73. The molecule has 0 spiro atoms. The first-order chi connectivity index (χ1) is 16.7. The number of nitrogens with zero attached hydrogens (tertiary/aromatic N) is 2. The van der Waals surface area contributed by atoms with Crippen LogP contribution in [0.25, 0.3) is 6.08 Å². The van der Waals surface area contributed by atoms with Crippen LogP contribution in [0, 0.1) is 0 Å². The van der Waals surface area contributed by atoms with Gasteiger partial charge in [0.1, 0.15) is 5.75 Å². The highest BCUT2D eigenvalue weighted by molar-refractivity contribution is 7.89. The molecule has 1 fully saturated rings. The summed E-state index contributed by atoms with van der Waals surface area (Å²) >= 11 is 0. The van der Waals surface area contributed by atoms with Gasteiger partial charge in [-0.2, -0.15) is 4.31 Å². The Bertz CT molecular complexity index is 1270. The molecule has 2 heterocycles. The van der Waals surface area contributed by atoms with Gasteiger partial charge in [-0.05, 0) is 48.9 Å². The standard InChI is InChI=1S/C24H27N3O7S/c1-16-24(29)25-19-15-18(6-8-20(19)34-16)35(30,31)27-12-10-26(11-13-27)23(28)9-5-17-4-7-21(32-2)22(14-17)33-3/h4-9,14-16H,10-13H2,1-3H3,(H,25,29)/b9-5+. The molecule has 1 N–H and O–H groups in total. The van der Waals surface area contributed by atoms with E-state index >= 15 is 0 Å². The maximum absolute atomic E-state index is 13.2. The number of nitrogens with one attached hydrogen (secondary N) is 1. The number of anilines is 1. The van der Waals surface area contributed by atoms with Crippen molar-refractivity contribution in [2.24, 2.45) is 0 Å². The van der Waals surface area contributed by atoms with Gasteiger partial charge < -0.3 is 24.4 Å². The second kappa shape index (κ2) is 9.96. The van der Waals surface area contributed by atoms with Crippen molar-refractivity contribution in [3.63, 3.8) is 0 Å². The van der Waals surface area contributed by atoms with E-state index in [1.807, 2.05) is 6.07 Å². The molecule has 0 bridgehead atoms. The van der Waals surface area contributed by atoms with Crippen molar-refractivity contribution in [3.8, 4) is 17.2 Å². The lowest BCUT2D eigenvalue weighted by atomic mass is 10.2. The molecule has 10 nitrogen and oxygen atoms in total. The maximum Gasteiger partial charge on any atom is 0.265 e. The Labute approximate surface area is 204 Å². The Kier molecular flexibility index (Phi) is 6.99. The zero-order valence-electron chi connectivity index (χ0n) is 19.7. The van der Waals surface area contributed by atoms with Crippen molar-refractivity contribution < 1.29 is 32.2 Å². The quantitative estimate of drug-likeness (QED) is 0.602. The third-order valence-corrected chi connectivity index (χ3v) is 7.79. The summed E-state index contributed by atoms with van der Waals surface area (Å²) in [5, 5.41) is 2.67. The highest BCUT2D eigenvalue weighted by Crippen LogP contribution is 2.33. The number of rotatable bonds is 6. The van der Waals surface area contributed by atoms with E-state index in [2.05, 4.69) is 5.32 Å². The van der Waals surface area contributed by atoms with Crippen LogP contribution in [0.4, 0.5) is 5.69 Å². The fourth-order valence-electron chi connectivity index (χ4n) is 3.88. The van der Waals surface area contributed by atoms with Crippen LogP contribution in [0.1, 0.15) is 12.5 Å². The van der Waals surface area contributed by atoms with Crippen molar-refractivity contribution in [3.05, 3.63) is 48.0 Å². The average molecular weight is 502 g/mol. The summed E-state index contributed by atoms with van der Waals surface area (Å²) in [6.07, 6.45) is 2.49. The third kappa shape index (κ3) is 5.10. The van der Waals surface area contributed by atoms with Gasteiger partial charge in [0.05, 0.1) is 24.8 Å². The van der Waals surface area contributed by atoms with E-state index in [0.29, 0.717) is 22.9 Å². The minimum absolute atomic E-state index is 0.0582. The Hall–Kier alpha value is -3.57. The van der Waals surface area contributed by atoms with E-state index in [9.17, 15) is 18.0 Å². The van der Waals surface area contributed by atoms with Gasteiger partial charge in [0.25, 0.3) is 5.91 Å². The SMILES string of the molecule is COc1ccc(/C=C/C(=O)N2CCN(S(=O)(=O)c3ccc4c(c3)NC(=O)C(C)O4)CC2)cc1OC. The smallest absolute Gasteiger partial charge is 0.265 e. The molecule has 4 rings (SSSR count). The van der Waals surface area contributed by atoms with Crippen molar-refractivity contribution in [1.82, 2.24) is 9.21 Å². The van der Waals surface area contributed by atoms with Crippen LogP contribution in [0.15, 0.2) is 47.4 Å². The van der Waals surface area contributed by atoms with Crippen LogP contribution in [0.2, 0.25) is 0 Å². The van der Waals surface area contributed by atoms with Gasteiger partial charge in [-0.25, -0.2) is 8.42 Å². The monoisotopic (exact) mass is 501 g/mol.